The average Bonchev–Trinajstić information content (AvgIpc) is 2.67. The summed E-state index contributed by atoms with van der Waals surface area (Å²) in [6.45, 7) is 7.08. The molecule has 0 radical (unpaired) electrons. The Morgan fingerprint density at radius 2 is 1.64 bits per heavy atom. The lowest BCUT2D eigenvalue weighted by atomic mass is 10.0. The van der Waals surface area contributed by atoms with Crippen molar-refractivity contribution in [3.63, 3.8) is 0 Å². The van der Waals surface area contributed by atoms with Crippen molar-refractivity contribution in [2.24, 2.45) is 0 Å². The zero-order valence-electron chi connectivity index (χ0n) is 16.9. The Kier molecular flexibility index (Phi) is 6.26. The molecule has 1 saturated heterocycles. The fourth-order valence-corrected chi connectivity index (χ4v) is 3.13. The van der Waals surface area contributed by atoms with Gasteiger partial charge < -0.3 is 15.0 Å². The maximum atomic E-state index is 12.2. The molecule has 0 atom stereocenters. The van der Waals surface area contributed by atoms with Crippen molar-refractivity contribution in [3.8, 4) is 11.8 Å². The molecule has 1 N–H and O–H groups in total. The highest BCUT2D eigenvalue weighted by molar-refractivity contribution is 5.68. The van der Waals surface area contributed by atoms with Gasteiger partial charge in [0.05, 0.1) is 5.69 Å². The van der Waals surface area contributed by atoms with Gasteiger partial charge in [-0.1, -0.05) is 42.2 Å². The van der Waals surface area contributed by atoms with Crippen LogP contribution in [0.2, 0.25) is 0 Å². The van der Waals surface area contributed by atoms with Crippen LogP contribution in [0.5, 0.6) is 0 Å². The normalized spacial score (nSPS) is 14.8. The van der Waals surface area contributed by atoms with Crippen LogP contribution in [0.25, 0.3) is 0 Å². The topological polar surface area (TPSA) is 41.6 Å². The van der Waals surface area contributed by atoms with Gasteiger partial charge in [-0.15, -0.1) is 0 Å². The monoisotopic (exact) mass is 376 g/mol. The Morgan fingerprint density at radius 3 is 2.32 bits per heavy atom. The Balaban J connectivity index is 1.60. The van der Waals surface area contributed by atoms with Gasteiger partial charge in [0.1, 0.15) is 5.60 Å². The highest BCUT2D eigenvalue weighted by atomic mass is 16.6. The number of nitrogens with one attached hydrogen (secondary N) is 1. The van der Waals surface area contributed by atoms with Crippen molar-refractivity contribution in [2.45, 2.75) is 45.3 Å². The standard InChI is InChI=1S/C24H28N2O2/c1-24(2,3)28-23(27)26-17-15-21(16-18-26)25-22-12-8-7-11-20(22)14-13-19-9-5-4-6-10-19/h4-12,21,25H,15-18H2,1-3H3. The third-order valence-corrected chi connectivity index (χ3v) is 4.55. The van der Waals surface area contributed by atoms with Gasteiger partial charge in [-0.05, 0) is 57.9 Å². The van der Waals surface area contributed by atoms with Crippen molar-refractivity contribution in [1.82, 2.24) is 4.90 Å². The van der Waals surface area contributed by atoms with Gasteiger partial charge in [-0.3, -0.25) is 0 Å². The molecule has 0 aromatic heterocycles. The van der Waals surface area contributed by atoms with Crippen LogP contribution in [0.1, 0.15) is 44.7 Å². The molecule has 0 unspecified atom stereocenters. The molecule has 0 aliphatic carbocycles. The summed E-state index contributed by atoms with van der Waals surface area (Å²) in [4.78, 5) is 14.0. The number of ether oxygens (including phenoxy) is 1. The molecule has 0 bridgehead atoms. The predicted molar refractivity (Wildman–Crippen MR) is 113 cm³/mol. The van der Waals surface area contributed by atoms with Gasteiger partial charge in [0.25, 0.3) is 0 Å². The first-order valence-corrected chi connectivity index (χ1v) is 9.81. The SMILES string of the molecule is CC(C)(C)OC(=O)N1CCC(Nc2ccccc2C#Cc2ccccc2)CC1. The van der Waals surface area contributed by atoms with Crippen molar-refractivity contribution in [1.29, 1.82) is 0 Å². The summed E-state index contributed by atoms with van der Waals surface area (Å²) < 4.78 is 5.47. The lowest BCUT2D eigenvalue weighted by molar-refractivity contribution is 0.0210. The van der Waals surface area contributed by atoms with E-state index in [-0.39, 0.29) is 6.09 Å². The van der Waals surface area contributed by atoms with E-state index in [1.807, 2.05) is 69.3 Å². The largest absolute Gasteiger partial charge is 0.444 e. The maximum absolute atomic E-state index is 12.2. The molecule has 146 valence electrons. The highest BCUT2D eigenvalue weighted by Gasteiger charge is 2.26. The number of piperidine rings is 1. The first kappa shape index (κ1) is 19.8. The van der Waals surface area contributed by atoms with E-state index in [4.69, 9.17) is 4.74 Å². The molecule has 1 amide bonds. The Morgan fingerprint density at radius 1 is 1.00 bits per heavy atom. The van der Waals surface area contributed by atoms with Crippen molar-refractivity contribution in [3.05, 3.63) is 65.7 Å². The molecule has 4 heteroatoms. The van der Waals surface area contributed by atoms with Crippen LogP contribution in [0, 0.1) is 11.8 Å². The minimum Gasteiger partial charge on any atom is -0.444 e. The molecule has 1 aliphatic heterocycles. The van der Waals surface area contributed by atoms with Crippen molar-refractivity contribution in [2.75, 3.05) is 18.4 Å². The minimum absolute atomic E-state index is 0.222. The van der Waals surface area contributed by atoms with Crippen LogP contribution in [0.3, 0.4) is 0 Å². The molecule has 1 fully saturated rings. The first-order valence-electron chi connectivity index (χ1n) is 9.81. The number of benzene rings is 2. The summed E-state index contributed by atoms with van der Waals surface area (Å²) in [5.74, 6) is 6.50. The number of hydrogen-bond acceptors (Lipinski definition) is 3. The summed E-state index contributed by atoms with van der Waals surface area (Å²) in [5.41, 5.74) is 2.58. The van der Waals surface area contributed by atoms with Crippen LogP contribution < -0.4 is 5.32 Å². The van der Waals surface area contributed by atoms with Crippen LogP contribution in [0.4, 0.5) is 10.5 Å². The third kappa shape index (κ3) is 5.79. The van der Waals surface area contributed by atoms with Crippen LogP contribution in [-0.2, 0) is 4.74 Å². The zero-order valence-corrected chi connectivity index (χ0v) is 16.9. The number of nitrogens with zero attached hydrogens (tertiary/aromatic N) is 1. The number of anilines is 1. The number of carbonyl (C=O) groups is 1. The summed E-state index contributed by atoms with van der Waals surface area (Å²) in [7, 11) is 0. The maximum Gasteiger partial charge on any atom is 0.410 e. The highest BCUT2D eigenvalue weighted by Crippen LogP contribution is 2.21. The van der Waals surface area contributed by atoms with Crippen LogP contribution >= 0.6 is 0 Å². The lowest BCUT2D eigenvalue weighted by Gasteiger charge is -2.34. The number of para-hydroxylation sites is 1. The molecule has 2 aromatic rings. The molecule has 4 nitrogen and oxygen atoms in total. The van der Waals surface area contributed by atoms with Gasteiger partial charge in [-0.25, -0.2) is 4.79 Å². The average molecular weight is 377 g/mol. The van der Waals surface area contributed by atoms with E-state index in [9.17, 15) is 4.79 Å². The summed E-state index contributed by atoms with van der Waals surface area (Å²) in [6, 6.07) is 18.4. The predicted octanol–water partition coefficient (Wildman–Crippen LogP) is 4.90. The second kappa shape index (κ2) is 8.84. The lowest BCUT2D eigenvalue weighted by Crippen LogP contribution is -2.44. The molecular weight excluding hydrogens is 348 g/mol. The van der Waals surface area contributed by atoms with Crippen LogP contribution in [-0.4, -0.2) is 35.7 Å². The number of carbonyl (C=O) groups excluding carboxylic acids is 1. The Labute approximate surface area is 167 Å². The van der Waals surface area contributed by atoms with E-state index in [1.54, 1.807) is 4.90 Å². The fourth-order valence-electron chi connectivity index (χ4n) is 3.13. The molecular formula is C24H28N2O2. The van der Waals surface area contributed by atoms with E-state index in [0.29, 0.717) is 19.1 Å². The molecule has 2 aromatic carbocycles. The quantitative estimate of drug-likeness (QED) is 0.758. The second-order valence-corrected chi connectivity index (χ2v) is 8.05. The third-order valence-electron chi connectivity index (χ3n) is 4.55. The zero-order chi connectivity index (χ0) is 20.0. The van der Waals surface area contributed by atoms with Gasteiger partial charge >= 0.3 is 6.09 Å². The molecule has 1 aliphatic rings. The molecule has 3 rings (SSSR count). The van der Waals surface area contributed by atoms with E-state index < -0.39 is 5.60 Å². The summed E-state index contributed by atoms with van der Waals surface area (Å²) in [6.07, 6.45) is 1.56. The molecule has 28 heavy (non-hydrogen) atoms. The second-order valence-electron chi connectivity index (χ2n) is 8.05. The fraction of sp³-hybridized carbons (Fsp3) is 0.375. The number of amides is 1. The van der Waals surface area contributed by atoms with E-state index in [1.165, 1.54) is 0 Å². The van der Waals surface area contributed by atoms with Gasteiger partial charge in [0.15, 0.2) is 0 Å². The first-order chi connectivity index (χ1) is 13.4. The van der Waals surface area contributed by atoms with Crippen molar-refractivity contribution >= 4 is 11.8 Å². The molecule has 1 heterocycles. The number of likely N-dealkylation sites (tertiary alicyclic amines) is 1. The molecule has 0 spiro atoms. The van der Waals surface area contributed by atoms with Crippen molar-refractivity contribution < 1.29 is 9.53 Å². The molecule has 0 saturated carbocycles. The van der Waals surface area contributed by atoms with E-state index >= 15 is 0 Å². The van der Waals surface area contributed by atoms with Gasteiger partial charge in [0, 0.05) is 30.3 Å². The van der Waals surface area contributed by atoms with Crippen LogP contribution in [0.15, 0.2) is 54.6 Å². The van der Waals surface area contributed by atoms with E-state index in [2.05, 4.69) is 23.2 Å². The Bertz CT molecular complexity index is 851. The van der Waals surface area contributed by atoms with E-state index in [0.717, 1.165) is 29.7 Å². The smallest absolute Gasteiger partial charge is 0.410 e. The number of hydrogen-bond donors (Lipinski definition) is 1. The summed E-state index contributed by atoms with van der Waals surface area (Å²) in [5, 5.41) is 3.61. The number of rotatable bonds is 2. The summed E-state index contributed by atoms with van der Waals surface area (Å²) >= 11 is 0. The minimum atomic E-state index is -0.456. The Hall–Kier alpha value is -2.93. The van der Waals surface area contributed by atoms with Gasteiger partial charge in [0.2, 0.25) is 0 Å². The van der Waals surface area contributed by atoms with Gasteiger partial charge in [-0.2, -0.15) is 0 Å².